The molecule has 0 spiro atoms. The summed E-state index contributed by atoms with van der Waals surface area (Å²) in [6.45, 7) is 0. The van der Waals surface area contributed by atoms with E-state index in [4.69, 9.17) is 0 Å². The van der Waals surface area contributed by atoms with Crippen LogP contribution in [0.25, 0.3) is 0 Å². The first-order valence-corrected chi connectivity index (χ1v) is 6.77. The van der Waals surface area contributed by atoms with E-state index in [1.54, 1.807) is 42.7 Å². The third-order valence-corrected chi connectivity index (χ3v) is 3.42. The summed E-state index contributed by atoms with van der Waals surface area (Å²) in [5, 5.41) is 0. The molecule has 0 aromatic heterocycles. The van der Waals surface area contributed by atoms with Crippen molar-refractivity contribution >= 4 is 16.6 Å². The second-order valence-corrected chi connectivity index (χ2v) is 5.05. The predicted molar refractivity (Wildman–Crippen MR) is 68.6 cm³/mol. The van der Waals surface area contributed by atoms with Crippen LogP contribution in [0.1, 0.15) is 15.9 Å². The monoisotopic (exact) mass is 244 g/mol. The van der Waals surface area contributed by atoms with Gasteiger partial charge in [-0.05, 0) is 24.3 Å². The summed E-state index contributed by atoms with van der Waals surface area (Å²) < 4.78 is 11.2. The molecule has 17 heavy (non-hydrogen) atoms. The van der Waals surface area contributed by atoms with Gasteiger partial charge in [-0.1, -0.05) is 30.3 Å². The molecule has 0 aliphatic heterocycles. The van der Waals surface area contributed by atoms with Crippen LogP contribution < -0.4 is 0 Å². The van der Waals surface area contributed by atoms with Crippen molar-refractivity contribution < 1.29 is 9.00 Å². The van der Waals surface area contributed by atoms with Gasteiger partial charge in [-0.25, -0.2) is 0 Å². The van der Waals surface area contributed by atoms with E-state index in [9.17, 15) is 9.00 Å². The first-order chi connectivity index (χ1) is 8.18. The highest BCUT2D eigenvalue weighted by Gasteiger charge is 2.08. The molecule has 0 bridgehead atoms. The van der Waals surface area contributed by atoms with Gasteiger partial charge in [-0.2, -0.15) is 0 Å². The number of carbonyl (C=O) groups is 1. The minimum absolute atomic E-state index is 0.0148. The molecule has 0 saturated heterocycles. The molecule has 2 aromatic carbocycles. The summed E-state index contributed by atoms with van der Waals surface area (Å²) >= 11 is 0. The van der Waals surface area contributed by atoms with E-state index in [2.05, 4.69) is 0 Å². The first-order valence-electron chi connectivity index (χ1n) is 5.22. The molecule has 0 amide bonds. The molecule has 2 aromatic rings. The summed E-state index contributed by atoms with van der Waals surface area (Å²) in [6, 6.07) is 16.0. The largest absolute Gasteiger partial charge is 0.289 e. The Morgan fingerprint density at radius 2 is 1.41 bits per heavy atom. The summed E-state index contributed by atoms with van der Waals surface area (Å²) in [6.07, 6.45) is 1.62. The number of hydrogen-bond acceptors (Lipinski definition) is 2. The van der Waals surface area contributed by atoms with Crippen molar-refractivity contribution in [2.24, 2.45) is 0 Å². The van der Waals surface area contributed by atoms with Crippen LogP contribution in [-0.4, -0.2) is 16.2 Å². The van der Waals surface area contributed by atoms with Crippen molar-refractivity contribution in [1.82, 2.24) is 0 Å². The molecule has 86 valence electrons. The standard InChI is InChI=1S/C14H12O2S/c1-17(16)13-9-7-12(8-10-13)14(15)11-5-3-2-4-6-11/h2-10H,1H3/t17-/m0/s1. The van der Waals surface area contributed by atoms with Gasteiger partial charge in [0.15, 0.2) is 5.78 Å². The number of hydrogen-bond donors (Lipinski definition) is 0. The highest BCUT2D eigenvalue weighted by Crippen LogP contribution is 2.12. The van der Waals surface area contributed by atoms with Crippen molar-refractivity contribution in [2.45, 2.75) is 4.90 Å². The van der Waals surface area contributed by atoms with Crippen LogP contribution >= 0.6 is 0 Å². The lowest BCUT2D eigenvalue weighted by molar-refractivity contribution is 0.103. The molecular weight excluding hydrogens is 232 g/mol. The molecule has 0 N–H and O–H groups in total. The summed E-state index contributed by atoms with van der Waals surface area (Å²) in [5.74, 6) is -0.0148. The van der Waals surface area contributed by atoms with Gasteiger partial charge in [-0.3, -0.25) is 9.00 Å². The van der Waals surface area contributed by atoms with E-state index >= 15 is 0 Å². The Labute approximate surface area is 103 Å². The van der Waals surface area contributed by atoms with Crippen LogP contribution in [-0.2, 0) is 10.8 Å². The van der Waals surface area contributed by atoms with Crippen molar-refractivity contribution in [3.05, 3.63) is 65.7 Å². The maximum absolute atomic E-state index is 12.1. The zero-order valence-corrected chi connectivity index (χ0v) is 10.2. The molecule has 0 radical (unpaired) electrons. The molecule has 1 atom stereocenters. The van der Waals surface area contributed by atoms with E-state index in [0.29, 0.717) is 11.1 Å². The van der Waals surface area contributed by atoms with Gasteiger partial charge in [-0.15, -0.1) is 0 Å². The van der Waals surface area contributed by atoms with Gasteiger partial charge in [0.2, 0.25) is 0 Å². The van der Waals surface area contributed by atoms with Crippen LogP contribution in [0.3, 0.4) is 0 Å². The molecule has 0 saturated carbocycles. The van der Waals surface area contributed by atoms with Gasteiger partial charge in [0.1, 0.15) is 0 Å². The Morgan fingerprint density at radius 3 is 1.94 bits per heavy atom. The molecule has 0 aliphatic rings. The highest BCUT2D eigenvalue weighted by atomic mass is 32.2. The van der Waals surface area contributed by atoms with Gasteiger partial charge >= 0.3 is 0 Å². The first kappa shape index (κ1) is 11.7. The van der Waals surface area contributed by atoms with Gasteiger partial charge in [0.25, 0.3) is 0 Å². The van der Waals surface area contributed by atoms with E-state index in [1.165, 1.54) is 0 Å². The van der Waals surface area contributed by atoms with Gasteiger partial charge in [0, 0.05) is 33.1 Å². The molecule has 2 rings (SSSR count). The van der Waals surface area contributed by atoms with Crippen molar-refractivity contribution in [2.75, 3.05) is 6.26 Å². The molecule has 0 aliphatic carbocycles. The lowest BCUT2D eigenvalue weighted by Crippen LogP contribution is -2.01. The number of carbonyl (C=O) groups excluding carboxylic acids is 1. The third-order valence-electron chi connectivity index (χ3n) is 2.48. The molecular formula is C14H12O2S. The SMILES string of the molecule is C[S@](=O)c1ccc(C(=O)c2ccccc2)cc1. The number of rotatable bonds is 3. The fraction of sp³-hybridized carbons (Fsp3) is 0.0714. The van der Waals surface area contributed by atoms with E-state index < -0.39 is 10.8 Å². The molecule has 0 fully saturated rings. The average molecular weight is 244 g/mol. The predicted octanol–water partition coefficient (Wildman–Crippen LogP) is 2.66. The van der Waals surface area contributed by atoms with E-state index in [-0.39, 0.29) is 5.78 Å². The second kappa shape index (κ2) is 5.06. The van der Waals surface area contributed by atoms with Gasteiger partial charge < -0.3 is 0 Å². The maximum Gasteiger partial charge on any atom is 0.193 e. The average Bonchev–Trinajstić information content (AvgIpc) is 2.39. The zero-order chi connectivity index (χ0) is 12.3. The smallest absolute Gasteiger partial charge is 0.193 e. The summed E-state index contributed by atoms with van der Waals surface area (Å²) in [5.41, 5.74) is 1.28. The fourth-order valence-corrected chi connectivity index (χ4v) is 2.07. The number of ketones is 1. The van der Waals surface area contributed by atoms with Crippen LogP contribution in [0.15, 0.2) is 59.5 Å². The van der Waals surface area contributed by atoms with E-state index in [0.717, 1.165) is 4.90 Å². The Bertz CT molecular complexity index is 544. The third kappa shape index (κ3) is 2.68. The van der Waals surface area contributed by atoms with Crippen LogP contribution in [0, 0.1) is 0 Å². The van der Waals surface area contributed by atoms with E-state index in [1.807, 2.05) is 18.2 Å². The number of benzene rings is 2. The molecule has 3 heteroatoms. The molecule has 2 nitrogen and oxygen atoms in total. The Hall–Kier alpha value is -1.74. The summed E-state index contributed by atoms with van der Waals surface area (Å²) in [4.78, 5) is 12.8. The maximum atomic E-state index is 12.1. The van der Waals surface area contributed by atoms with Crippen LogP contribution in [0.5, 0.6) is 0 Å². The molecule has 0 heterocycles. The summed E-state index contributed by atoms with van der Waals surface area (Å²) in [7, 11) is -1.01. The lowest BCUT2D eigenvalue weighted by Gasteiger charge is -2.02. The lowest BCUT2D eigenvalue weighted by atomic mass is 10.0. The zero-order valence-electron chi connectivity index (χ0n) is 9.42. The normalized spacial score (nSPS) is 12.1. The van der Waals surface area contributed by atoms with Crippen molar-refractivity contribution in [3.63, 3.8) is 0 Å². The van der Waals surface area contributed by atoms with Crippen LogP contribution in [0.2, 0.25) is 0 Å². The topological polar surface area (TPSA) is 34.1 Å². The Balaban J connectivity index is 2.30. The highest BCUT2D eigenvalue weighted by molar-refractivity contribution is 7.84. The quantitative estimate of drug-likeness (QED) is 0.778. The van der Waals surface area contributed by atoms with Crippen molar-refractivity contribution in [1.29, 1.82) is 0 Å². The minimum atomic E-state index is -1.01. The fourth-order valence-electron chi connectivity index (χ4n) is 1.55. The van der Waals surface area contributed by atoms with Gasteiger partial charge in [0.05, 0.1) is 0 Å². The van der Waals surface area contributed by atoms with Crippen LogP contribution in [0.4, 0.5) is 0 Å². The van der Waals surface area contributed by atoms with Crippen molar-refractivity contribution in [3.8, 4) is 0 Å². The Kier molecular flexibility index (Phi) is 3.49. The minimum Gasteiger partial charge on any atom is -0.289 e. The second-order valence-electron chi connectivity index (χ2n) is 3.67. The molecule has 0 unspecified atom stereocenters. The Morgan fingerprint density at radius 1 is 0.882 bits per heavy atom.